The standard InChI is InChI=1S/C26H28N6O3/c1-17-13-23(25(33)28-15-18-5-9-27-10-6-18)29-30-24(17)32-11-7-20(8-12-32)35-21-4-3-19-16-31(2)26(34)22(19)14-21/h3-6,9-10,13-14,20H,7-8,11-12,15-16H2,1-2H3,(H,28,33). The van der Waals surface area contributed by atoms with Gasteiger partial charge in [0.2, 0.25) is 0 Å². The number of ether oxygens (including phenoxy) is 1. The van der Waals surface area contributed by atoms with Crippen LogP contribution in [0.5, 0.6) is 5.75 Å². The number of anilines is 1. The zero-order valence-corrected chi connectivity index (χ0v) is 19.9. The SMILES string of the molecule is Cc1cc(C(=O)NCc2ccncc2)nnc1N1CCC(Oc2ccc3c(c2)C(=O)N(C)C3)CC1. The van der Waals surface area contributed by atoms with Crippen molar-refractivity contribution in [2.75, 3.05) is 25.0 Å². The third kappa shape index (κ3) is 4.94. The molecule has 2 aromatic heterocycles. The van der Waals surface area contributed by atoms with Gasteiger partial charge in [0.1, 0.15) is 11.9 Å². The molecule has 4 heterocycles. The van der Waals surface area contributed by atoms with Crippen molar-refractivity contribution in [1.29, 1.82) is 0 Å². The summed E-state index contributed by atoms with van der Waals surface area (Å²) in [6, 6.07) is 11.3. The van der Waals surface area contributed by atoms with Crippen molar-refractivity contribution in [2.45, 2.75) is 39.0 Å². The Hall–Kier alpha value is -4.01. The smallest absolute Gasteiger partial charge is 0.272 e. The molecule has 0 spiro atoms. The summed E-state index contributed by atoms with van der Waals surface area (Å²) in [5, 5.41) is 11.4. The lowest BCUT2D eigenvalue weighted by atomic mass is 10.1. The van der Waals surface area contributed by atoms with Gasteiger partial charge in [-0.15, -0.1) is 10.2 Å². The number of hydrogen-bond acceptors (Lipinski definition) is 7. The molecule has 1 fully saturated rings. The van der Waals surface area contributed by atoms with Gasteiger partial charge in [0.25, 0.3) is 11.8 Å². The van der Waals surface area contributed by atoms with Crippen LogP contribution in [-0.4, -0.2) is 58.1 Å². The third-order valence-corrected chi connectivity index (χ3v) is 6.50. The summed E-state index contributed by atoms with van der Waals surface area (Å²) < 4.78 is 6.20. The number of fused-ring (bicyclic) bond motifs is 1. The average Bonchev–Trinajstić information content (AvgIpc) is 3.16. The highest BCUT2D eigenvalue weighted by atomic mass is 16.5. The molecule has 2 aliphatic rings. The quantitative estimate of drug-likeness (QED) is 0.589. The Bertz CT molecular complexity index is 1240. The third-order valence-electron chi connectivity index (χ3n) is 6.50. The molecule has 5 rings (SSSR count). The number of hydrogen-bond donors (Lipinski definition) is 1. The monoisotopic (exact) mass is 472 g/mol. The van der Waals surface area contributed by atoms with Crippen LogP contribution in [0.1, 0.15) is 50.4 Å². The number of aryl methyl sites for hydroxylation is 1. The first-order valence-corrected chi connectivity index (χ1v) is 11.8. The highest BCUT2D eigenvalue weighted by molar-refractivity contribution is 5.98. The van der Waals surface area contributed by atoms with Crippen molar-refractivity contribution >= 4 is 17.6 Å². The summed E-state index contributed by atoms with van der Waals surface area (Å²) in [5.41, 5.74) is 3.96. The van der Waals surface area contributed by atoms with Crippen LogP contribution in [0.4, 0.5) is 5.82 Å². The number of aromatic nitrogens is 3. The Morgan fingerprint density at radius 2 is 1.89 bits per heavy atom. The van der Waals surface area contributed by atoms with Gasteiger partial charge < -0.3 is 19.9 Å². The number of nitrogens with one attached hydrogen (secondary N) is 1. The first-order valence-electron chi connectivity index (χ1n) is 11.8. The largest absolute Gasteiger partial charge is 0.490 e. The van der Waals surface area contributed by atoms with Crippen LogP contribution in [0.2, 0.25) is 0 Å². The van der Waals surface area contributed by atoms with E-state index in [9.17, 15) is 9.59 Å². The molecule has 0 saturated carbocycles. The first-order chi connectivity index (χ1) is 17.0. The molecule has 0 bridgehead atoms. The number of carbonyl (C=O) groups is 2. The number of amides is 2. The zero-order valence-electron chi connectivity index (χ0n) is 19.9. The second-order valence-electron chi connectivity index (χ2n) is 9.06. The van der Waals surface area contributed by atoms with Crippen molar-refractivity contribution in [2.24, 2.45) is 0 Å². The van der Waals surface area contributed by atoms with E-state index >= 15 is 0 Å². The lowest BCUT2D eigenvalue weighted by Gasteiger charge is -2.33. The lowest BCUT2D eigenvalue weighted by molar-refractivity contribution is 0.0815. The second-order valence-corrected chi connectivity index (χ2v) is 9.06. The average molecular weight is 473 g/mol. The van der Waals surface area contributed by atoms with Crippen molar-refractivity contribution in [3.63, 3.8) is 0 Å². The van der Waals surface area contributed by atoms with Crippen LogP contribution in [0, 0.1) is 6.92 Å². The van der Waals surface area contributed by atoms with E-state index in [2.05, 4.69) is 25.4 Å². The summed E-state index contributed by atoms with van der Waals surface area (Å²) in [6.45, 7) is 4.57. The van der Waals surface area contributed by atoms with Gasteiger partial charge in [0.05, 0.1) is 0 Å². The fourth-order valence-electron chi connectivity index (χ4n) is 4.55. The number of rotatable bonds is 6. The van der Waals surface area contributed by atoms with E-state index in [0.29, 0.717) is 18.8 Å². The number of carbonyl (C=O) groups excluding carboxylic acids is 2. The molecule has 2 amide bonds. The Morgan fingerprint density at radius 3 is 2.63 bits per heavy atom. The maximum Gasteiger partial charge on any atom is 0.272 e. The predicted octanol–water partition coefficient (Wildman–Crippen LogP) is 2.74. The number of pyridine rings is 1. The van der Waals surface area contributed by atoms with Gasteiger partial charge in [-0.25, -0.2) is 0 Å². The summed E-state index contributed by atoms with van der Waals surface area (Å²) >= 11 is 0. The van der Waals surface area contributed by atoms with Crippen LogP contribution in [0.15, 0.2) is 48.8 Å². The summed E-state index contributed by atoms with van der Waals surface area (Å²) in [4.78, 5) is 32.6. The lowest BCUT2D eigenvalue weighted by Crippen LogP contribution is -2.39. The molecule has 35 heavy (non-hydrogen) atoms. The van der Waals surface area contributed by atoms with Crippen LogP contribution < -0.4 is 15.0 Å². The minimum atomic E-state index is -0.255. The van der Waals surface area contributed by atoms with E-state index in [1.54, 1.807) is 23.4 Å². The Kier molecular flexibility index (Phi) is 6.31. The van der Waals surface area contributed by atoms with Gasteiger partial charge >= 0.3 is 0 Å². The van der Waals surface area contributed by atoms with E-state index in [4.69, 9.17) is 4.74 Å². The molecule has 0 aliphatic carbocycles. The molecule has 0 atom stereocenters. The highest BCUT2D eigenvalue weighted by Crippen LogP contribution is 2.28. The van der Waals surface area contributed by atoms with Crippen molar-refractivity contribution in [1.82, 2.24) is 25.4 Å². The van der Waals surface area contributed by atoms with Gasteiger partial charge in [-0.1, -0.05) is 6.07 Å². The first kappa shape index (κ1) is 22.8. The van der Waals surface area contributed by atoms with Crippen molar-refractivity contribution < 1.29 is 14.3 Å². The summed E-state index contributed by atoms with van der Waals surface area (Å²) in [6.07, 6.45) is 5.13. The number of nitrogens with zero attached hydrogens (tertiary/aromatic N) is 5. The minimum absolute atomic E-state index is 0.0452. The molecule has 0 unspecified atom stereocenters. The fourth-order valence-corrected chi connectivity index (χ4v) is 4.55. The second kappa shape index (κ2) is 9.69. The molecule has 9 heteroatoms. The molecule has 2 aliphatic heterocycles. The van der Waals surface area contributed by atoms with Crippen molar-refractivity contribution in [3.05, 3.63) is 76.7 Å². The van der Waals surface area contributed by atoms with E-state index in [-0.39, 0.29) is 17.9 Å². The molecular weight excluding hydrogens is 444 g/mol. The molecule has 1 saturated heterocycles. The molecule has 3 aromatic rings. The predicted molar refractivity (Wildman–Crippen MR) is 130 cm³/mol. The molecular formula is C26H28N6O3. The summed E-state index contributed by atoms with van der Waals surface area (Å²) in [5.74, 6) is 1.32. The van der Waals surface area contributed by atoms with E-state index in [1.807, 2.05) is 44.3 Å². The molecule has 180 valence electrons. The number of piperidine rings is 1. The number of benzene rings is 1. The normalized spacial score (nSPS) is 15.8. The highest BCUT2D eigenvalue weighted by Gasteiger charge is 2.27. The van der Waals surface area contributed by atoms with Crippen molar-refractivity contribution in [3.8, 4) is 5.75 Å². The van der Waals surface area contributed by atoms with Gasteiger partial charge in [0.15, 0.2) is 11.5 Å². The fraction of sp³-hybridized carbons (Fsp3) is 0.346. The Labute approximate surface area is 204 Å². The van der Waals surface area contributed by atoms with Crippen LogP contribution in [0.25, 0.3) is 0 Å². The Morgan fingerprint density at radius 1 is 1.11 bits per heavy atom. The molecule has 0 radical (unpaired) electrons. The van der Waals surface area contributed by atoms with Gasteiger partial charge in [-0.3, -0.25) is 14.6 Å². The van der Waals surface area contributed by atoms with Gasteiger partial charge in [0, 0.05) is 64.0 Å². The van der Waals surface area contributed by atoms with Crippen LogP contribution >= 0.6 is 0 Å². The minimum Gasteiger partial charge on any atom is -0.490 e. The maximum absolute atomic E-state index is 12.5. The van der Waals surface area contributed by atoms with E-state index < -0.39 is 0 Å². The Balaban J connectivity index is 1.16. The van der Waals surface area contributed by atoms with Crippen LogP contribution in [0.3, 0.4) is 0 Å². The molecule has 1 N–H and O–H groups in total. The van der Waals surface area contributed by atoms with E-state index in [1.165, 1.54) is 0 Å². The topological polar surface area (TPSA) is 101 Å². The maximum atomic E-state index is 12.5. The van der Waals surface area contributed by atoms with Gasteiger partial charge in [-0.2, -0.15) is 0 Å². The van der Waals surface area contributed by atoms with E-state index in [0.717, 1.165) is 59.8 Å². The molecule has 1 aromatic carbocycles. The summed E-state index contributed by atoms with van der Waals surface area (Å²) in [7, 11) is 1.81. The van der Waals surface area contributed by atoms with Crippen LogP contribution in [-0.2, 0) is 13.1 Å². The molecule has 9 nitrogen and oxygen atoms in total. The zero-order chi connectivity index (χ0) is 24.4. The van der Waals surface area contributed by atoms with Gasteiger partial charge in [-0.05, 0) is 53.9 Å².